The van der Waals surface area contributed by atoms with Gasteiger partial charge in [-0.15, -0.1) is 0 Å². The van der Waals surface area contributed by atoms with Crippen LogP contribution in [0.2, 0.25) is 0 Å². The summed E-state index contributed by atoms with van der Waals surface area (Å²) in [5.74, 6) is -0.244. The summed E-state index contributed by atoms with van der Waals surface area (Å²) in [6.45, 7) is 1.65. The van der Waals surface area contributed by atoms with E-state index in [1.807, 2.05) is 6.92 Å². The fourth-order valence-corrected chi connectivity index (χ4v) is 4.11. The van der Waals surface area contributed by atoms with Gasteiger partial charge in [-0.2, -0.15) is 0 Å². The van der Waals surface area contributed by atoms with Crippen molar-refractivity contribution in [1.29, 1.82) is 0 Å². The number of para-hydroxylation sites is 3. The Labute approximate surface area is 183 Å². The highest BCUT2D eigenvalue weighted by Gasteiger charge is 2.35. The molecular weight excluding hydrogens is 426 g/mol. The zero-order valence-electron chi connectivity index (χ0n) is 16.3. The Hall–Kier alpha value is -3.04. The fraction of sp³-hybridized carbons (Fsp3) is 0.190. The van der Waals surface area contributed by atoms with Gasteiger partial charge in [-0.05, 0) is 31.2 Å². The molecule has 0 saturated carbocycles. The number of methoxy groups -OCH3 is 1. The summed E-state index contributed by atoms with van der Waals surface area (Å²) in [4.78, 5) is 25.9. The van der Waals surface area contributed by atoms with Crippen molar-refractivity contribution >= 4 is 51.9 Å². The van der Waals surface area contributed by atoms with Gasteiger partial charge in [0.2, 0.25) is 0 Å². The van der Waals surface area contributed by atoms with E-state index in [4.69, 9.17) is 31.5 Å². The van der Waals surface area contributed by atoms with E-state index in [1.165, 1.54) is 12.0 Å². The number of thiocarbonyl (C=S) groups is 1. The summed E-state index contributed by atoms with van der Waals surface area (Å²) < 4.78 is 16.7. The summed E-state index contributed by atoms with van der Waals surface area (Å²) in [6.07, 6.45) is 1.62. The molecular formula is C21H19NO6S2. The molecule has 30 heavy (non-hydrogen) atoms. The fourth-order valence-electron chi connectivity index (χ4n) is 2.84. The summed E-state index contributed by atoms with van der Waals surface area (Å²) in [7, 11) is 1.53. The number of carbonyl (C=O) groups is 2. The molecule has 2 aromatic rings. The number of carboxylic acids is 1. The highest BCUT2D eigenvalue weighted by atomic mass is 32.2. The van der Waals surface area contributed by atoms with Crippen LogP contribution in [0.4, 0.5) is 5.69 Å². The maximum absolute atomic E-state index is 13.1. The normalized spacial score (nSPS) is 14.9. The van der Waals surface area contributed by atoms with Crippen molar-refractivity contribution in [3.05, 3.63) is 52.9 Å². The Morgan fingerprint density at radius 2 is 1.90 bits per heavy atom. The van der Waals surface area contributed by atoms with Crippen LogP contribution in [0.15, 0.2) is 47.4 Å². The first-order valence-electron chi connectivity index (χ1n) is 8.97. The van der Waals surface area contributed by atoms with E-state index in [0.29, 0.717) is 38.6 Å². The first kappa shape index (κ1) is 21.7. The molecule has 0 atom stereocenters. The molecule has 156 valence electrons. The molecule has 1 heterocycles. The number of anilines is 1. The lowest BCUT2D eigenvalue weighted by molar-refractivity contribution is -0.139. The Balaban J connectivity index is 1.99. The number of carbonyl (C=O) groups excluding carboxylic acids is 1. The minimum Gasteiger partial charge on any atom is -0.495 e. The maximum atomic E-state index is 13.1. The molecule has 2 aromatic carbocycles. The van der Waals surface area contributed by atoms with Gasteiger partial charge in [0.25, 0.3) is 5.91 Å². The highest BCUT2D eigenvalue weighted by Crippen LogP contribution is 2.41. The van der Waals surface area contributed by atoms with Crippen LogP contribution in [0.1, 0.15) is 12.5 Å². The largest absolute Gasteiger partial charge is 0.495 e. The van der Waals surface area contributed by atoms with Crippen LogP contribution >= 0.6 is 24.0 Å². The van der Waals surface area contributed by atoms with Gasteiger partial charge in [-0.1, -0.05) is 48.2 Å². The lowest BCUT2D eigenvalue weighted by atomic mass is 10.1. The van der Waals surface area contributed by atoms with Crippen molar-refractivity contribution in [1.82, 2.24) is 0 Å². The zero-order chi connectivity index (χ0) is 21.7. The predicted molar refractivity (Wildman–Crippen MR) is 119 cm³/mol. The average molecular weight is 446 g/mol. The van der Waals surface area contributed by atoms with Gasteiger partial charge in [0, 0.05) is 5.56 Å². The lowest BCUT2D eigenvalue weighted by Crippen LogP contribution is -2.27. The summed E-state index contributed by atoms with van der Waals surface area (Å²) in [6, 6.07) is 12.2. The molecule has 1 saturated heterocycles. The molecule has 1 aliphatic rings. The molecule has 9 heteroatoms. The number of carboxylic acid groups (broad SMARTS) is 1. The van der Waals surface area contributed by atoms with Crippen LogP contribution in [0.3, 0.4) is 0 Å². The maximum Gasteiger partial charge on any atom is 0.341 e. The first-order valence-corrected chi connectivity index (χ1v) is 10.2. The van der Waals surface area contributed by atoms with Crippen molar-refractivity contribution in [2.24, 2.45) is 0 Å². The first-order chi connectivity index (χ1) is 14.5. The topological polar surface area (TPSA) is 85.3 Å². The molecule has 0 aliphatic carbocycles. The summed E-state index contributed by atoms with van der Waals surface area (Å²) in [5, 5.41) is 8.98. The monoisotopic (exact) mass is 445 g/mol. The number of ether oxygens (including phenoxy) is 3. The number of aliphatic carboxylic acids is 1. The van der Waals surface area contributed by atoms with E-state index in [-0.39, 0.29) is 11.7 Å². The third-order valence-corrected chi connectivity index (χ3v) is 5.36. The van der Waals surface area contributed by atoms with Crippen LogP contribution in [0.5, 0.6) is 17.2 Å². The Kier molecular flexibility index (Phi) is 6.96. The summed E-state index contributed by atoms with van der Waals surface area (Å²) >= 11 is 6.57. The van der Waals surface area contributed by atoms with Gasteiger partial charge >= 0.3 is 5.97 Å². The second-order valence-electron chi connectivity index (χ2n) is 5.98. The van der Waals surface area contributed by atoms with Gasteiger partial charge in [0.05, 0.1) is 24.3 Å². The second kappa shape index (κ2) is 9.64. The molecule has 0 aromatic heterocycles. The van der Waals surface area contributed by atoms with E-state index >= 15 is 0 Å². The van der Waals surface area contributed by atoms with Crippen LogP contribution in [0.25, 0.3) is 6.08 Å². The number of hydrogen-bond acceptors (Lipinski definition) is 7. The number of benzene rings is 2. The zero-order valence-corrected chi connectivity index (χ0v) is 17.9. The molecule has 1 amide bonds. The lowest BCUT2D eigenvalue weighted by Gasteiger charge is -2.17. The summed E-state index contributed by atoms with van der Waals surface area (Å²) in [5.41, 5.74) is 1.07. The van der Waals surface area contributed by atoms with Gasteiger partial charge < -0.3 is 19.3 Å². The highest BCUT2D eigenvalue weighted by molar-refractivity contribution is 8.27. The molecule has 1 aliphatic heterocycles. The van der Waals surface area contributed by atoms with Crippen LogP contribution in [0, 0.1) is 0 Å². The molecule has 0 unspecified atom stereocenters. The van der Waals surface area contributed by atoms with Gasteiger partial charge in [0.15, 0.2) is 22.4 Å². The van der Waals surface area contributed by atoms with Crippen molar-refractivity contribution in [3.63, 3.8) is 0 Å². The van der Waals surface area contributed by atoms with Crippen molar-refractivity contribution in [2.45, 2.75) is 6.92 Å². The van der Waals surface area contributed by atoms with Crippen LogP contribution in [-0.2, 0) is 9.59 Å². The smallest absolute Gasteiger partial charge is 0.341 e. The molecule has 7 nitrogen and oxygen atoms in total. The number of hydrogen-bond donors (Lipinski definition) is 1. The van der Waals surface area contributed by atoms with E-state index in [9.17, 15) is 9.59 Å². The molecule has 0 spiro atoms. The van der Waals surface area contributed by atoms with Crippen molar-refractivity contribution in [3.8, 4) is 17.2 Å². The average Bonchev–Trinajstić information content (AvgIpc) is 3.00. The quantitative estimate of drug-likeness (QED) is 0.483. The van der Waals surface area contributed by atoms with E-state index in [2.05, 4.69) is 0 Å². The molecule has 0 radical (unpaired) electrons. The Bertz CT molecular complexity index is 1020. The van der Waals surface area contributed by atoms with Gasteiger partial charge in [-0.25, -0.2) is 4.79 Å². The number of nitrogens with zero attached hydrogens (tertiary/aromatic N) is 1. The van der Waals surface area contributed by atoms with E-state index < -0.39 is 12.6 Å². The molecule has 0 bridgehead atoms. The minimum absolute atomic E-state index is 0.254. The van der Waals surface area contributed by atoms with E-state index in [1.54, 1.807) is 48.5 Å². The van der Waals surface area contributed by atoms with Crippen LogP contribution < -0.4 is 19.1 Å². The molecule has 1 fully saturated rings. The molecule has 1 N–H and O–H groups in total. The standard InChI is InChI=1S/C21H19NO6S2/c1-3-27-16-10-6-7-13(19(16)28-12-18(23)24)11-17-20(25)22(21(29)30-17)14-8-4-5-9-15(14)26-2/h4-11H,3,12H2,1-2H3,(H,23,24)/b17-11-. The number of thioether (sulfide) groups is 1. The predicted octanol–water partition coefficient (Wildman–Crippen LogP) is 3.96. The van der Waals surface area contributed by atoms with Crippen molar-refractivity contribution in [2.75, 3.05) is 25.2 Å². The third kappa shape index (κ3) is 4.58. The number of rotatable bonds is 8. The van der Waals surface area contributed by atoms with E-state index in [0.717, 1.165) is 11.8 Å². The number of amides is 1. The van der Waals surface area contributed by atoms with Gasteiger partial charge in [0.1, 0.15) is 5.75 Å². The Morgan fingerprint density at radius 3 is 2.60 bits per heavy atom. The van der Waals surface area contributed by atoms with Crippen LogP contribution in [-0.4, -0.2) is 41.6 Å². The third-order valence-electron chi connectivity index (χ3n) is 4.06. The molecule has 3 rings (SSSR count). The minimum atomic E-state index is -1.12. The Morgan fingerprint density at radius 1 is 1.17 bits per heavy atom. The second-order valence-corrected chi connectivity index (χ2v) is 7.65. The van der Waals surface area contributed by atoms with Crippen molar-refractivity contribution < 1.29 is 28.9 Å². The van der Waals surface area contributed by atoms with Gasteiger partial charge in [-0.3, -0.25) is 9.69 Å². The SMILES string of the molecule is CCOc1cccc(/C=C2\SC(=S)N(c3ccccc3OC)C2=O)c1OCC(=O)O.